The maximum absolute atomic E-state index is 11.5. The van der Waals surface area contributed by atoms with E-state index in [4.69, 9.17) is 9.72 Å². The normalized spacial score (nSPS) is 27.1. The van der Waals surface area contributed by atoms with Gasteiger partial charge in [-0.15, -0.1) is 6.58 Å². The number of hydrogen-bond donors (Lipinski definition) is 1. The van der Waals surface area contributed by atoms with E-state index >= 15 is 0 Å². The number of methoxy groups -OCH3 is 1. The second-order valence-corrected chi connectivity index (χ2v) is 8.11. The zero-order chi connectivity index (χ0) is 20.0. The van der Waals surface area contributed by atoms with Crippen molar-refractivity contribution >= 4 is 10.9 Å². The summed E-state index contributed by atoms with van der Waals surface area (Å²) in [6, 6.07) is 7.93. The first-order valence-corrected chi connectivity index (χ1v) is 10.2. The molecule has 5 atom stereocenters. The predicted octanol–water partition coefficient (Wildman–Crippen LogP) is 3.36. The largest absolute Gasteiger partial charge is 0.497 e. The van der Waals surface area contributed by atoms with Crippen molar-refractivity contribution in [1.82, 2.24) is 19.4 Å². The standard InChI is InChI=1S/C23H26N4O2/c1-3-15-13-26-8-6-16(15)10-21(26)23(28)19-12-22(27-9-7-24-14-27)25-20-5-4-17(29-2)11-18(19)20/h3-5,7,9,11-12,14-16,21,23,28H,1,6,8,10,13H2,2H3/t15?,16?,21?,23-/m1/s1. The van der Waals surface area contributed by atoms with Crippen LogP contribution >= 0.6 is 0 Å². The minimum atomic E-state index is -0.594. The van der Waals surface area contributed by atoms with Crippen LogP contribution in [-0.4, -0.2) is 50.8 Å². The molecule has 29 heavy (non-hydrogen) atoms. The minimum Gasteiger partial charge on any atom is -0.497 e. The molecule has 5 heterocycles. The first kappa shape index (κ1) is 18.3. The smallest absolute Gasteiger partial charge is 0.138 e. The first-order valence-electron chi connectivity index (χ1n) is 10.2. The van der Waals surface area contributed by atoms with Gasteiger partial charge in [-0.2, -0.15) is 0 Å². The molecule has 2 bridgehead atoms. The summed E-state index contributed by atoms with van der Waals surface area (Å²) in [6.07, 6.45) is 9.00. The Morgan fingerprint density at radius 3 is 2.93 bits per heavy atom. The van der Waals surface area contributed by atoms with Crippen LogP contribution in [0.4, 0.5) is 0 Å². The summed E-state index contributed by atoms with van der Waals surface area (Å²) in [6.45, 7) is 6.03. The lowest BCUT2D eigenvalue weighted by Gasteiger charge is -2.50. The molecule has 3 aliphatic heterocycles. The van der Waals surface area contributed by atoms with Crippen LogP contribution in [-0.2, 0) is 0 Å². The van der Waals surface area contributed by atoms with Crippen molar-refractivity contribution in [2.45, 2.75) is 25.0 Å². The number of hydrogen-bond acceptors (Lipinski definition) is 5. The molecule has 3 fully saturated rings. The van der Waals surface area contributed by atoms with E-state index in [9.17, 15) is 5.11 Å². The van der Waals surface area contributed by atoms with Crippen LogP contribution in [0.15, 0.2) is 55.6 Å². The highest BCUT2D eigenvalue weighted by Gasteiger charge is 2.42. The first-order chi connectivity index (χ1) is 14.2. The molecular weight excluding hydrogens is 364 g/mol. The molecule has 150 valence electrons. The summed E-state index contributed by atoms with van der Waals surface area (Å²) in [4.78, 5) is 11.4. The van der Waals surface area contributed by atoms with Crippen molar-refractivity contribution in [2.24, 2.45) is 11.8 Å². The third-order valence-electron chi connectivity index (χ3n) is 6.64. The average molecular weight is 390 g/mol. The Bertz CT molecular complexity index is 1030. The van der Waals surface area contributed by atoms with Gasteiger partial charge in [0.25, 0.3) is 0 Å². The van der Waals surface area contributed by atoms with Gasteiger partial charge in [-0.25, -0.2) is 9.97 Å². The van der Waals surface area contributed by atoms with Gasteiger partial charge in [0, 0.05) is 30.4 Å². The summed E-state index contributed by atoms with van der Waals surface area (Å²) in [5.74, 6) is 2.66. The van der Waals surface area contributed by atoms with Crippen molar-refractivity contribution < 1.29 is 9.84 Å². The molecule has 3 aliphatic rings. The molecule has 3 saturated heterocycles. The van der Waals surface area contributed by atoms with E-state index in [0.29, 0.717) is 11.8 Å². The van der Waals surface area contributed by atoms with E-state index in [2.05, 4.69) is 22.5 Å². The molecule has 0 amide bonds. The van der Waals surface area contributed by atoms with E-state index < -0.39 is 6.10 Å². The second kappa shape index (κ2) is 7.28. The third kappa shape index (κ3) is 3.12. The van der Waals surface area contributed by atoms with Gasteiger partial charge in [0.2, 0.25) is 0 Å². The molecule has 1 N–H and O–H groups in total. The van der Waals surface area contributed by atoms with Crippen molar-refractivity contribution in [1.29, 1.82) is 0 Å². The maximum atomic E-state index is 11.5. The number of aliphatic hydroxyl groups is 1. The van der Waals surface area contributed by atoms with Gasteiger partial charge >= 0.3 is 0 Å². The topological polar surface area (TPSA) is 63.4 Å². The third-order valence-corrected chi connectivity index (χ3v) is 6.64. The number of ether oxygens (including phenoxy) is 1. The lowest BCUT2D eigenvalue weighted by atomic mass is 9.73. The van der Waals surface area contributed by atoms with E-state index in [0.717, 1.165) is 47.5 Å². The predicted molar refractivity (Wildman–Crippen MR) is 112 cm³/mol. The van der Waals surface area contributed by atoms with Crippen molar-refractivity contribution in [3.63, 3.8) is 0 Å². The fourth-order valence-electron chi connectivity index (χ4n) is 5.03. The molecule has 0 radical (unpaired) electrons. The molecule has 6 rings (SSSR count). The molecule has 4 unspecified atom stereocenters. The summed E-state index contributed by atoms with van der Waals surface area (Å²) >= 11 is 0. The van der Waals surface area contributed by atoms with Crippen LogP contribution in [0.5, 0.6) is 5.75 Å². The number of fused-ring (bicyclic) bond motifs is 4. The molecule has 3 aromatic rings. The lowest BCUT2D eigenvalue weighted by Crippen LogP contribution is -2.54. The number of aliphatic hydroxyl groups excluding tert-OH is 1. The van der Waals surface area contributed by atoms with Crippen LogP contribution < -0.4 is 4.74 Å². The van der Waals surface area contributed by atoms with Crippen LogP contribution in [0.25, 0.3) is 16.7 Å². The van der Waals surface area contributed by atoms with Gasteiger partial charge in [-0.1, -0.05) is 6.08 Å². The Hall–Kier alpha value is -2.70. The zero-order valence-electron chi connectivity index (χ0n) is 16.6. The lowest BCUT2D eigenvalue weighted by molar-refractivity contribution is -0.0444. The van der Waals surface area contributed by atoms with Crippen molar-refractivity contribution in [3.8, 4) is 11.6 Å². The van der Waals surface area contributed by atoms with Crippen LogP contribution in [0.3, 0.4) is 0 Å². The SMILES string of the molecule is C=CC1CN2CCC1CC2[C@H](O)c1cc(-n2ccnc2)nc2ccc(OC)cc12. The average Bonchev–Trinajstić information content (AvgIpc) is 3.32. The fraction of sp³-hybridized carbons (Fsp3) is 0.391. The number of piperidine rings is 3. The van der Waals surface area contributed by atoms with Crippen LogP contribution in [0.1, 0.15) is 24.5 Å². The monoisotopic (exact) mass is 390 g/mol. The number of aromatic nitrogens is 3. The van der Waals surface area contributed by atoms with Crippen LogP contribution in [0.2, 0.25) is 0 Å². The van der Waals surface area contributed by atoms with Gasteiger partial charge in [0.15, 0.2) is 0 Å². The van der Waals surface area contributed by atoms with Gasteiger partial charge < -0.3 is 9.84 Å². The summed E-state index contributed by atoms with van der Waals surface area (Å²) < 4.78 is 7.31. The van der Waals surface area contributed by atoms with Crippen molar-refractivity contribution in [2.75, 3.05) is 20.2 Å². The summed E-state index contributed by atoms with van der Waals surface area (Å²) in [7, 11) is 1.66. The number of rotatable bonds is 5. The molecule has 1 aromatic carbocycles. The van der Waals surface area contributed by atoms with Gasteiger partial charge in [0.05, 0.1) is 18.7 Å². The second-order valence-electron chi connectivity index (χ2n) is 8.11. The molecule has 6 heteroatoms. The minimum absolute atomic E-state index is 0.109. The Balaban J connectivity index is 1.60. The Labute approximate surface area is 170 Å². The van der Waals surface area contributed by atoms with Gasteiger partial charge in [0.1, 0.15) is 17.9 Å². The van der Waals surface area contributed by atoms with E-state index in [-0.39, 0.29) is 6.04 Å². The van der Waals surface area contributed by atoms with E-state index in [1.807, 2.05) is 35.0 Å². The molecule has 0 saturated carbocycles. The quantitative estimate of drug-likeness (QED) is 0.677. The number of pyridine rings is 1. The molecule has 0 spiro atoms. The van der Waals surface area contributed by atoms with Crippen molar-refractivity contribution in [3.05, 3.63) is 61.2 Å². The highest BCUT2D eigenvalue weighted by atomic mass is 16.5. The number of imidazole rings is 1. The van der Waals surface area contributed by atoms with E-state index in [1.54, 1.807) is 19.6 Å². The molecule has 6 nitrogen and oxygen atoms in total. The number of nitrogens with zero attached hydrogens (tertiary/aromatic N) is 4. The van der Waals surface area contributed by atoms with Gasteiger partial charge in [-0.3, -0.25) is 9.47 Å². The summed E-state index contributed by atoms with van der Waals surface area (Å²) in [5, 5.41) is 12.5. The molecular formula is C23H26N4O2. The maximum Gasteiger partial charge on any atom is 0.138 e. The van der Waals surface area contributed by atoms with Crippen LogP contribution in [0, 0.1) is 11.8 Å². The Morgan fingerprint density at radius 1 is 1.34 bits per heavy atom. The molecule has 0 aliphatic carbocycles. The fourth-order valence-corrected chi connectivity index (χ4v) is 5.03. The van der Waals surface area contributed by atoms with E-state index in [1.165, 1.54) is 6.42 Å². The van der Waals surface area contributed by atoms with Gasteiger partial charge in [-0.05, 0) is 61.1 Å². The Morgan fingerprint density at radius 2 is 2.24 bits per heavy atom. The highest BCUT2D eigenvalue weighted by molar-refractivity contribution is 5.85. The zero-order valence-corrected chi connectivity index (χ0v) is 16.6. The highest BCUT2D eigenvalue weighted by Crippen LogP contribution is 2.42. The number of benzene rings is 1. The Kier molecular flexibility index (Phi) is 4.60. The summed E-state index contributed by atoms with van der Waals surface area (Å²) in [5.41, 5.74) is 1.73. The molecule has 2 aromatic heterocycles.